The molecule has 0 radical (unpaired) electrons. The van der Waals surface area contributed by atoms with Gasteiger partial charge in [-0.1, -0.05) is 12.2 Å². The minimum atomic E-state index is 0.0625. The van der Waals surface area contributed by atoms with Crippen LogP contribution in [0.25, 0.3) is 0 Å². The van der Waals surface area contributed by atoms with Gasteiger partial charge in [-0.25, -0.2) is 0 Å². The number of aryl methyl sites for hydroxylation is 1. The van der Waals surface area contributed by atoms with Crippen LogP contribution in [-0.2, 0) is 4.79 Å². The maximum atomic E-state index is 12.3. The third kappa shape index (κ3) is 3.13. The van der Waals surface area contributed by atoms with Crippen LogP contribution in [0.2, 0.25) is 0 Å². The first-order valence-electron chi connectivity index (χ1n) is 6.84. The second-order valence-corrected chi connectivity index (χ2v) is 4.99. The number of anilines is 1. The van der Waals surface area contributed by atoms with E-state index in [2.05, 4.69) is 17.5 Å². The third-order valence-corrected chi connectivity index (χ3v) is 3.63. The van der Waals surface area contributed by atoms with E-state index in [1.54, 1.807) is 14.2 Å². The molecule has 1 unspecified atom stereocenters. The minimum Gasteiger partial charge on any atom is -0.493 e. The van der Waals surface area contributed by atoms with Gasteiger partial charge in [-0.3, -0.25) is 4.79 Å². The fourth-order valence-corrected chi connectivity index (χ4v) is 2.38. The highest BCUT2D eigenvalue weighted by atomic mass is 16.5. The first kappa shape index (κ1) is 14.4. The zero-order chi connectivity index (χ0) is 14.5. The molecule has 1 aliphatic carbocycles. The van der Waals surface area contributed by atoms with Crippen LogP contribution in [-0.4, -0.2) is 20.1 Å². The van der Waals surface area contributed by atoms with Gasteiger partial charge in [-0.15, -0.1) is 0 Å². The van der Waals surface area contributed by atoms with Crippen molar-refractivity contribution in [1.82, 2.24) is 0 Å². The Morgan fingerprint density at radius 1 is 1.20 bits per heavy atom. The molecule has 1 amide bonds. The molecule has 1 aliphatic rings. The Hall–Kier alpha value is -1.97. The molecule has 4 nitrogen and oxygen atoms in total. The monoisotopic (exact) mass is 275 g/mol. The zero-order valence-corrected chi connectivity index (χ0v) is 12.2. The van der Waals surface area contributed by atoms with E-state index in [4.69, 9.17) is 9.47 Å². The number of allylic oxidation sites excluding steroid dienone is 2. The number of amides is 1. The van der Waals surface area contributed by atoms with Gasteiger partial charge < -0.3 is 14.8 Å². The molecule has 0 spiro atoms. The van der Waals surface area contributed by atoms with Crippen molar-refractivity contribution in [3.63, 3.8) is 0 Å². The number of nitrogens with one attached hydrogen (secondary N) is 1. The zero-order valence-electron chi connectivity index (χ0n) is 12.2. The van der Waals surface area contributed by atoms with E-state index in [0.717, 1.165) is 30.5 Å². The molecule has 0 aliphatic heterocycles. The standard InChI is InChI=1S/C16H21NO3/c1-11-9-14(19-2)15(20-3)10-13(11)17-16(18)12-7-5-4-6-8-12/h4-5,9-10,12H,6-8H2,1-3H3,(H,17,18). The van der Waals surface area contributed by atoms with Crippen LogP contribution in [0.4, 0.5) is 5.69 Å². The van der Waals surface area contributed by atoms with Crippen molar-refractivity contribution in [2.45, 2.75) is 26.2 Å². The van der Waals surface area contributed by atoms with Crippen LogP contribution in [0.3, 0.4) is 0 Å². The van der Waals surface area contributed by atoms with Crippen LogP contribution < -0.4 is 14.8 Å². The molecule has 0 heterocycles. The van der Waals surface area contributed by atoms with Gasteiger partial charge in [0.25, 0.3) is 0 Å². The summed E-state index contributed by atoms with van der Waals surface area (Å²) in [6.07, 6.45) is 6.91. The summed E-state index contributed by atoms with van der Waals surface area (Å²) in [6, 6.07) is 3.68. The van der Waals surface area contributed by atoms with E-state index in [9.17, 15) is 4.79 Å². The molecular formula is C16H21NO3. The van der Waals surface area contributed by atoms with E-state index in [1.165, 1.54) is 0 Å². The highest BCUT2D eigenvalue weighted by Crippen LogP contribution is 2.33. The topological polar surface area (TPSA) is 47.6 Å². The minimum absolute atomic E-state index is 0.0625. The summed E-state index contributed by atoms with van der Waals surface area (Å²) in [7, 11) is 3.19. The van der Waals surface area contributed by atoms with Crippen LogP contribution in [0, 0.1) is 12.8 Å². The summed E-state index contributed by atoms with van der Waals surface area (Å²) in [5, 5.41) is 3.00. The lowest BCUT2D eigenvalue weighted by Crippen LogP contribution is -2.23. The maximum absolute atomic E-state index is 12.3. The van der Waals surface area contributed by atoms with Gasteiger partial charge in [0.15, 0.2) is 11.5 Å². The van der Waals surface area contributed by atoms with E-state index < -0.39 is 0 Å². The lowest BCUT2D eigenvalue weighted by molar-refractivity contribution is -0.120. The molecule has 0 bridgehead atoms. The van der Waals surface area contributed by atoms with Gasteiger partial charge in [0.2, 0.25) is 5.91 Å². The SMILES string of the molecule is COc1cc(C)c(NC(=O)C2CC=CCC2)cc1OC. The van der Waals surface area contributed by atoms with Crippen LogP contribution in [0.1, 0.15) is 24.8 Å². The van der Waals surface area contributed by atoms with E-state index >= 15 is 0 Å². The summed E-state index contributed by atoms with van der Waals surface area (Å²) < 4.78 is 10.5. The third-order valence-electron chi connectivity index (χ3n) is 3.63. The lowest BCUT2D eigenvalue weighted by atomic mass is 9.93. The van der Waals surface area contributed by atoms with Gasteiger partial charge in [0.1, 0.15) is 0 Å². The molecule has 2 rings (SSSR count). The number of rotatable bonds is 4. The van der Waals surface area contributed by atoms with Crippen molar-refractivity contribution in [3.8, 4) is 11.5 Å². The number of hydrogen-bond donors (Lipinski definition) is 1. The Bertz CT molecular complexity index is 523. The number of hydrogen-bond acceptors (Lipinski definition) is 3. The largest absolute Gasteiger partial charge is 0.493 e. The van der Waals surface area contributed by atoms with Gasteiger partial charge >= 0.3 is 0 Å². The molecule has 0 aromatic heterocycles. The Kier molecular flexibility index (Phi) is 4.66. The quantitative estimate of drug-likeness (QED) is 0.858. The highest BCUT2D eigenvalue weighted by molar-refractivity contribution is 5.93. The maximum Gasteiger partial charge on any atom is 0.227 e. The Morgan fingerprint density at radius 2 is 1.90 bits per heavy atom. The predicted octanol–water partition coefficient (Wildman–Crippen LogP) is 3.31. The Balaban J connectivity index is 2.16. The van der Waals surface area contributed by atoms with Crippen molar-refractivity contribution in [1.29, 1.82) is 0 Å². The van der Waals surface area contributed by atoms with Gasteiger partial charge in [-0.2, -0.15) is 0 Å². The summed E-state index contributed by atoms with van der Waals surface area (Å²) in [4.78, 5) is 12.3. The van der Waals surface area contributed by atoms with E-state index in [-0.39, 0.29) is 11.8 Å². The second-order valence-electron chi connectivity index (χ2n) is 4.99. The van der Waals surface area contributed by atoms with Crippen LogP contribution in [0.15, 0.2) is 24.3 Å². The second kappa shape index (κ2) is 6.46. The van der Waals surface area contributed by atoms with Crippen LogP contribution in [0.5, 0.6) is 11.5 Å². The average Bonchev–Trinajstić information content (AvgIpc) is 2.49. The Labute approximate surface area is 119 Å². The molecule has 0 fully saturated rings. The smallest absolute Gasteiger partial charge is 0.227 e. The predicted molar refractivity (Wildman–Crippen MR) is 79.4 cm³/mol. The average molecular weight is 275 g/mol. The molecule has 1 aromatic carbocycles. The first-order valence-corrected chi connectivity index (χ1v) is 6.84. The van der Waals surface area contributed by atoms with E-state index in [1.807, 2.05) is 19.1 Å². The number of carbonyl (C=O) groups excluding carboxylic acids is 1. The van der Waals surface area contributed by atoms with Crippen LogP contribution >= 0.6 is 0 Å². The molecule has 108 valence electrons. The number of ether oxygens (including phenoxy) is 2. The summed E-state index contributed by atoms with van der Waals surface area (Å²) >= 11 is 0. The fourth-order valence-electron chi connectivity index (χ4n) is 2.38. The molecular weight excluding hydrogens is 254 g/mol. The molecule has 1 atom stereocenters. The summed E-state index contributed by atoms with van der Waals surface area (Å²) in [6.45, 7) is 1.94. The fraction of sp³-hybridized carbons (Fsp3) is 0.438. The molecule has 4 heteroatoms. The van der Waals surface area contributed by atoms with Gasteiger partial charge in [0.05, 0.1) is 14.2 Å². The molecule has 0 saturated heterocycles. The molecule has 1 aromatic rings. The number of carbonyl (C=O) groups is 1. The molecule has 0 saturated carbocycles. The number of benzene rings is 1. The first-order chi connectivity index (χ1) is 9.65. The highest BCUT2D eigenvalue weighted by Gasteiger charge is 2.20. The Morgan fingerprint density at radius 3 is 2.50 bits per heavy atom. The van der Waals surface area contributed by atoms with Crippen molar-refractivity contribution in [2.75, 3.05) is 19.5 Å². The molecule has 1 N–H and O–H groups in total. The summed E-state index contributed by atoms with van der Waals surface area (Å²) in [5.41, 5.74) is 1.74. The van der Waals surface area contributed by atoms with Crippen molar-refractivity contribution < 1.29 is 14.3 Å². The van der Waals surface area contributed by atoms with Gasteiger partial charge in [-0.05, 0) is 37.8 Å². The van der Waals surface area contributed by atoms with Crippen molar-refractivity contribution in [3.05, 3.63) is 29.8 Å². The van der Waals surface area contributed by atoms with E-state index in [0.29, 0.717) is 11.5 Å². The normalized spacial score (nSPS) is 17.6. The number of methoxy groups -OCH3 is 2. The lowest BCUT2D eigenvalue weighted by Gasteiger charge is -2.19. The molecule has 20 heavy (non-hydrogen) atoms. The van der Waals surface area contributed by atoms with Gasteiger partial charge in [0, 0.05) is 17.7 Å². The van der Waals surface area contributed by atoms with Crippen molar-refractivity contribution in [2.24, 2.45) is 5.92 Å². The van der Waals surface area contributed by atoms with Crippen molar-refractivity contribution >= 4 is 11.6 Å². The summed E-state index contributed by atoms with van der Waals surface area (Å²) in [5.74, 6) is 1.43.